The van der Waals surface area contributed by atoms with E-state index in [1.54, 1.807) is 34.2 Å². The molecule has 286 valence electrons. The predicted octanol–water partition coefficient (Wildman–Crippen LogP) is 4.93. The van der Waals surface area contributed by atoms with Gasteiger partial charge in [0, 0.05) is 55.5 Å². The van der Waals surface area contributed by atoms with Crippen LogP contribution < -0.4 is 5.32 Å². The van der Waals surface area contributed by atoms with Gasteiger partial charge in [0.2, 0.25) is 0 Å². The summed E-state index contributed by atoms with van der Waals surface area (Å²) in [6, 6.07) is 5.83. The third-order valence-corrected chi connectivity index (χ3v) is 10.9. The lowest BCUT2D eigenvalue weighted by Crippen LogP contribution is -2.59. The molecule has 2 aliphatic heterocycles. The molecule has 2 aliphatic rings. The van der Waals surface area contributed by atoms with Crippen LogP contribution in [0.1, 0.15) is 80.6 Å². The number of carbonyl (C=O) groups is 2. The van der Waals surface area contributed by atoms with Crippen molar-refractivity contribution in [3.63, 3.8) is 0 Å². The number of cyclic esters (lactones) is 1. The van der Waals surface area contributed by atoms with Gasteiger partial charge in [-0.25, -0.2) is 9.97 Å². The zero-order valence-electron chi connectivity index (χ0n) is 32.6. The Morgan fingerprint density at radius 2 is 1.90 bits per heavy atom. The van der Waals surface area contributed by atoms with Crippen LogP contribution in [-0.4, -0.2) is 126 Å². The van der Waals surface area contributed by atoms with Crippen molar-refractivity contribution in [3.05, 3.63) is 30.7 Å². The number of benzene rings is 1. The van der Waals surface area contributed by atoms with Crippen molar-refractivity contribution in [1.82, 2.24) is 19.8 Å². The molecule has 0 spiro atoms. The lowest BCUT2D eigenvalue weighted by molar-refractivity contribution is -0.295. The van der Waals surface area contributed by atoms with Gasteiger partial charge in [0.15, 0.2) is 12.1 Å². The van der Waals surface area contributed by atoms with E-state index in [1.165, 1.54) is 0 Å². The molecule has 0 radical (unpaired) electrons. The minimum Gasteiger partial charge on any atom is -0.463 e. The first-order chi connectivity index (χ1) is 24.1. The van der Waals surface area contributed by atoms with Crippen molar-refractivity contribution in [2.45, 2.75) is 123 Å². The molecule has 2 saturated heterocycles. The van der Waals surface area contributed by atoms with Gasteiger partial charge in [-0.05, 0) is 105 Å². The highest BCUT2D eigenvalue weighted by Gasteiger charge is 2.51. The van der Waals surface area contributed by atoms with E-state index in [0.29, 0.717) is 12.8 Å². The molecule has 1 aromatic carbocycles. The Morgan fingerprint density at radius 3 is 2.59 bits per heavy atom. The van der Waals surface area contributed by atoms with Crippen LogP contribution in [0.2, 0.25) is 0 Å². The van der Waals surface area contributed by atoms with Gasteiger partial charge in [-0.3, -0.25) is 14.5 Å². The Kier molecular flexibility index (Phi) is 14.4. The van der Waals surface area contributed by atoms with Crippen LogP contribution in [0.15, 0.2) is 30.7 Å². The molecule has 0 bridgehead atoms. The van der Waals surface area contributed by atoms with Gasteiger partial charge in [-0.1, -0.05) is 20.8 Å². The fourth-order valence-electron chi connectivity index (χ4n) is 7.97. The number of ketones is 1. The van der Waals surface area contributed by atoms with Gasteiger partial charge in [-0.2, -0.15) is 0 Å². The van der Waals surface area contributed by atoms with Gasteiger partial charge in [-0.15, -0.1) is 0 Å². The number of Topliss-reactive ketones (excluding diaryl/α,β-unsaturated/α-hetero) is 1. The molecule has 2 N–H and O–H groups in total. The number of anilines is 1. The minimum absolute atomic E-state index is 0.0386. The number of likely N-dealkylation sites (N-methyl/N-ethyl adjacent to an activating group) is 1. The molecule has 3 heterocycles. The molecule has 12 heteroatoms. The average Bonchev–Trinajstić information content (AvgIpc) is 3.09. The fraction of sp³-hybridized carbons (Fsp3) is 0.744. The molecule has 0 aliphatic carbocycles. The number of aromatic nitrogens is 2. The van der Waals surface area contributed by atoms with Gasteiger partial charge < -0.3 is 34.3 Å². The van der Waals surface area contributed by atoms with Gasteiger partial charge in [0.1, 0.15) is 24.5 Å². The number of ether oxygens (including phenoxy) is 4. The highest BCUT2D eigenvalue weighted by Crippen LogP contribution is 2.38. The maximum Gasteiger partial charge on any atom is 0.319 e. The first kappa shape index (κ1) is 41.0. The second kappa shape index (κ2) is 17.9. The van der Waals surface area contributed by atoms with Crippen molar-refractivity contribution in [3.8, 4) is 0 Å². The van der Waals surface area contributed by atoms with Crippen molar-refractivity contribution >= 4 is 28.3 Å². The zero-order valence-corrected chi connectivity index (χ0v) is 32.6. The summed E-state index contributed by atoms with van der Waals surface area (Å²) in [6.45, 7) is 15.8. The van der Waals surface area contributed by atoms with Crippen LogP contribution >= 0.6 is 0 Å². The van der Waals surface area contributed by atoms with Crippen molar-refractivity contribution < 1.29 is 33.6 Å². The molecule has 0 saturated carbocycles. The Balaban J connectivity index is 1.58. The zero-order chi connectivity index (χ0) is 37.5. The summed E-state index contributed by atoms with van der Waals surface area (Å²) in [7, 11) is 5.49. The van der Waals surface area contributed by atoms with E-state index in [0.717, 1.165) is 55.5 Å². The summed E-state index contributed by atoms with van der Waals surface area (Å²) in [6.07, 6.45) is 4.26. The quantitative estimate of drug-likeness (QED) is 0.186. The highest BCUT2D eigenvalue weighted by atomic mass is 16.7. The second-order valence-electron chi connectivity index (χ2n) is 15.8. The number of methoxy groups -OCH3 is 1. The molecule has 0 amide bonds. The second-order valence-corrected chi connectivity index (χ2v) is 15.8. The Hall–Kier alpha value is -2.74. The first-order valence-corrected chi connectivity index (χ1v) is 18.7. The van der Waals surface area contributed by atoms with Gasteiger partial charge in [0.25, 0.3) is 0 Å². The standard InChI is InChI=1S/C39H63N5O7/c1-11-17-44-22-25(2)20-39(7,48-10)35(51-36-33(45)32(43(8)9)18-26(3)50-36)27(4)34(46)38(5,6)37(47)49-23-30(44)13-12-16-41-29-14-15-31-28(19-29)21-40-24-42-31/h14-15,19,21,24-27,30,32-33,35-36,41,45H,11-13,16-18,20,22-23H2,1-10H3/t25-,26-,27+,30-,32+,33-,35-,36+,39-/m1/s1. The summed E-state index contributed by atoms with van der Waals surface area (Å²) in [5.74, 6) is -1.50. The van der Waals surface area contributed by atoms with Crippen molar-refractivity contribution in [2.75, 3.05) is 52.8 Å². The van der Waals surface area contributed by atoms with Crippen LogP contribution in [0.5, 0.6) is 0 Å². The van der Waals surface area contributed by atoms with E-state index in [4.69, 9.17) is 18.9 Å². The predicted molar refractivity (Wildman–Crippen MR) is 198 cm³/mol. The number of hydrogen-bond acceptors (Lipinski definition) is 12. The number of fused-ring (bicyclic) bond motifs is 1. The average molecular weight is 714 g/mol. The Bertz CT molecular complexity index is 1440. The maximum atomic E-state index is 14.3. The van der Waals surface area contributed by atoms with Crippen LogP contribution in [-0.2, 0) is 28.5 Å². The smallest absolute Gasteiger partial charge is 0.319 e. The monoisotopic (exact) mass is 713 g/mol. The largest absolute Gasteiger partial charge is 0.463 e. The Morgan fingerprint density at radius 1 is 1.16 bits per heavy atom. The number of hydrogen-bond donors (Lipinski definition) is 2. The summed E-state index contributed by atoms with van der Waals surface area (Å²) < 4.78 is 25.2. The molecule has 2 fully saturated rings. The van der Waals surface area contributed by atoms with Crippen LogP contribution in [0, 0.1) is 17.3 Å². The van der Waals surface area contributed by atoms with E-state index in [1.807, 2.05) is 57.2 Å². The molecular formula is C39H63N5O7. The highest BCUT2D eigenvalue weighted by molar-refractivity contribution is 6.04. The van der Waals surface area contributed by atoms with Gasteiger partial charge in [0.05, 0.1) is 23.3 Å². The number of aliphatic hydroxyl groups excluding tert-OH is 1. The lowest BCUT2D eigenvalue weighted by Gasteiger charge is -2.47. The summed E-state index contributed by atoms with van der Waals surface area (Å²) in [5, 5.41) is 15.9. The number of rotatable bonds is 11. The van der Waals surface area contributed by atoms with Crippen LogP contribution in [0.4, 0.5) is 5.69 Å². The fourth-order valence-corrected chi connectivity index (χ4v) is 7.97. The van der Waals surface area contributed by atoms with E-state index < -0.39 is 41.4 Å². The van der Waals surface area contributed by atoms with Gasteiger partial charge >= 0.3 is 5.97 Å². The molecule has 9 atom stereocenters. The SMILES string of the molecule is CCCN1C[C@H](C)C[C@@](C)(OC)[C@H](O[C@@H]2O[C@H](C)C[C@H](N(C)C)[C@H]2O)[C@@H](C)C(=O)C(C)(C)C(=O)OC[C@H]1CCCNc1ccc2ncncc2c1. The molecule has 51 heavy (non-hydrogen) atoms. The molecule has 2 aromatic rings. The number of nitrogens with zero attached hydrogens (tertiary/aromatic N) is 4. The topological polar surface area (TPSA) is 136 Å². The van der Waals surface area contributed by atoms with E-state index >= 15 is 0 Å². The molecule has 4 rings (SSSR count). The van der Waals surface area contributed by atoms with Crippen LogP contribution in [0.3, 0.4) is 0 Å². The van der Waals surface area contributed by atoms with E-state index in [2.05, 4.69) is 34.0 Å². The number of aliphatic hydroxyl groups is 1. The van der Waals surface area contributed by atoms with Crippen molar-refractivity contribution in [1.29, 1.82) is 0 Å². The van der Waals surface area contributed by atoms with Crippen LogP contribution in [0.25, 0.3) is 10.9 Å². The molecule has 0 unspecified atom stereocenters. The maximum absolute atomic E-state index is 14.3. The number of carbonyl (C=O) groups excluding carboxylic acids is 2. The number of nitrogens with one attached hydrogen (secondary N) is 1. The first-order valence-electron chi connectivity index (χ1n) is 18.7. The number of esters is 1. The molecular weight excluding hydrogens is 650 g/mol. The molecule has 1 aromatic heterocycles. The normalized spacial score (nSPS) is 32.9. The summed E-state index contributed by atoms with van der Waals surface area (Å²) >= 11 is 0. The Labute approximate surface area is 304 Å². The summed E-state index contributed by atoms with van der Waals surface area (Å²) in [4.78, 5) is 41.0. The minimum atomic E-state index is -1.44. The lowest BCUT2D eigenvalue weighted by atomic mass is 9.74. The summed E-state index contributed by atoms with van der Waals surface area (Å²) in [5.41, 5.74) is -0.484. The molecule has 12 nitrogen and oxygen atoms in total. The third kappa shape index (κ3) is 10.0. The van der Waals surface area contributed by atoms with E-state index in [9.17, 15) is 14.7 Å². The van der Waals surface area contributed by atoms with Crippen molar-refractivity contribution in [2.24, 2.45) is 17.3 Å². The third-order valence-electron chi connectivity index (χ3n) is 10.9. The van der Waals surface area contributed by atoms with E-state index in [-0.39, 0.29) is 36.5 Å².